The van der Waals surface area contributed by atoms with Crippen LogP contribution in [0.25, 0.3) is 0 Å². The summed E-state index contributed by atoms with van der Waals surface area (Å²) in [7, 11) is 0. The molecule has 1 aromatic carbocycles. The Kier molecular flexibility index (Phi) is 4.16. The molecule has 1 heterocycles. The number of benzene rings is 1. The number of H-pyrrole nitrogens is 1. The van der Waals surface area contributed by atoms with Crippen molar-refractivity contribution in [1.29, 1.82) is 0 Å². The highest BCUT2D eigenvalue weighted by Gasteiger charge is 2.28. The molecule has 1 aliphatic rings. The number of anilines is 1. The van der Waals surface area contributed by atoms with E-state index in [4.69, 9.17) is 0 Å². The van der Waals surface area contributed by atoms with Gasteiger partial charge in [0, 0.05) is 10.5 Å². The summed E-state index contributed by atoms with van der Waals surface area (Å²) in [5, 5.41) is 9.80. The van der Waals surface area contributed by atoms with Crippen molar-refractivity contribution in [2.24, 2.45) is 0 Å². The van der Waals surface area contributed by atoms with E-state index in [0.717, 1.165) is 23.0 Å². The van der Waals surface area contributed by atoms with Gasteiger partial charge in [-0.15, -0.1) is 5.10 Å². The Hall–Kier alpha value is -1.54. The lowest BCUT2D eigenvalue weighted by Gasteiger charge is -2.07. The van der Waals surface area contributed by atoms with Crippen LogP contribution in [0.15, 0.2) is 38.7 Å². The quantitative estimate of drug-likeness (QED) is 0.794. The Labute approximate surface area is 133 Å². The fraction of sp³-hybridized carbons (Fsp3) is 0.308. The van der Waals surface area contributed by atoms with Gasteiger partial charge < -0.3 is 5.32 Å². The second kappa shape index (κ2) is 6.07. The first kappa shape index (κ1) is 14.4. The lowest BCUT2D eigenvalue weighted by Crippen LogP contribution is -2.18. The van der Waals surface area contributed by atoms with E-state index in [0.29, 0.717) is 5.16 Å². The fourth-order valence-corrected chi connectivity index (χ4v) is 3.12. The summed E-state index contributed by atoms with van der Waals surface area (Å²) in [5.74, 6) is 0.0722. The smallest absolute Gasteiger partial charge is 0.324 e. The number of hydrogen-bond acceptors (Lipinski definition) is 4. The van der Waals surface area contributed by atoms with E-state index in [2.05, 4.69) is 31.4 Å². The van der Waals surface area contributed by atoms with Crippen LogP contribution in [0, 0.1) is 0 Å². The molecular formula is C13H13BrN4O2S. The van der Waals surface area contributed by atoms with Gasteiger partial charge in [-0.3, -0.25) is 9.36 Å². The molecule has 1 aliphatic carbocycles. The highest BCUT2D eigenvalue weighted by atomic mass is 79.9. The highest BCUT2D eigenvalue weighted by molar-refractivity contribution is 9.10. The Morgan fingerprint density at radius 1 is 1.48 bits per heavy atom. The predicted octanol–water partition coefficient (Wildman–Crippen LogP) is 2.40. The summed E-state index contributed by atoms with van der Waals surface area (Å²) in [5.41, 5.74) is 0.524. The molecule has 8 heteroatoms. The van der Waals surface area contributed by atoms with Crippen LogP contribution in [-0.2, 0) is 4.79 Å². The van der Waals surface area contributed by atoms with E-state index < -0.39 is 0 Å². The van der Waals surface area contributed by atoms with Crippen LogP contribution in [0.2, 0.25) is 0 Å². The molecule has 21 heavy (non-hydrogen) atoms. The van der Waals surface area contributed by atoms with Crippen LogP contribution < -0.4 is 11.0 Å². The second-order valence-electron chi connectivity index (χ2n) is 4.73. The Bertz CT molecular complexity index is 723. The largest absolute Gasteiger partial charge is 0.344 e. The average Bonchev–Trinajstić information content (AvgIpc) is 3.23. The van der Waals surface area contributed by atoms with Crippen molar-refractivity contribution in [3.63, 3.8) is 0 Å². The van der Waals surface area contributed by atoms with Crippen LogP contribution in [0.1, 0.15) is 18.9 Å². The third-order valence-electron chi connectivity index (χ3n) is 3.06. The van der Waals surface area contributed by atoms with Crippen molar-refractivity contribution in [2.45, 2.75) is 24.0 Å². The van der Waals surface area contributed by atoms with Gasteiger partial charge in [0.05, 0.1) is 11.4 Å². The van der Waals surface area contributed by atoms with Gasteiger partial charge in [-0.25, -0.2) is 9.89 Å². The molecule has 0 atom stereocenters. The SMILES string of the molecule is O=C(CSc1n[nH]c(=O)n1C1CC1)Nc1ccccc1Br. The number of nitrogens with zero attached hydrogens (tertiary/aromatic N) is 2. The van der Waals surface area contributed by atoms with E-state index in [1.54, 1.807) is 4.57 Å². The number of carbonyl (C=O) groups excluding carboxylic acids is 1. The van der Waals surface area contributed by atoms with Gasteiger partial charge in [0.15, 0.2) is 5.16 Å². The molecule has 0 bridgehead atoms. The molecule has 1 fully saturated rings. The van der Waals surface area contributed by atoms with Crippen LogP contribution in [0.5, 0.6) is 0 Å². The zero-order valence-corrected chi connectivity index (χ0v) is 13.4. The van der Waals surface area contributed by atoms with E-state index >= 15 is 0 Å². The molecule has 0 radical (unpaired) electrons. The number of rotatable bonds is 5. The van der Waals surface area contributed by atoms with Gasteiger partial charge in [-0.05, 0) is 40.9 Å². The summed E-state index contributed by atoms with van der Waals surface area (Å²) in [6.07, 6.45) is 1.99. The molecule has 110 valence electrons. The van der Waals surface area contributed by atoms with Crippen molar-refractivity contribution >= 4 is 39.3 Å². The van der Waals surface area contributed by atoms with E-state index in [1.807, 2.05) is 24.3 Å². The van der Waals surface area contributed by atoms with Gasteiger partial charge >= 0.3 is 5.69 Å². The normalized spacial score (nSPS) is 14.1. The maximum atomic E-state index is 12.0. The Balaban J connectivity index is 1.62. The lowest BCUT2D eigenvalue weighted by atomic mass is 10.3. The van der Waals surface area contributed by atoms with Crippen LogP contribution in [0.4, 0.5) is 5.69 Å². The maximum absolute atomic E-state index is 12.0. The zero-order valence-electron chi connectivity index (χ0n) is 11.0. The number of aromatic amines is 1. The molecule has 3 rings (SSSR count). The van der Waals surface area contributed by atoms with E-state index in [9.17, 15) is 9.59 Å². The van der Waals surface area contributed by atoms with Gasteiger partial charge in [0.2, 0.25) is 5.91 Å². The second-order valence-corrected chi connectivity index (χ2v) is 6.53. The third-order valence-corrected chi connectivity index (χ3v) is 4.71. The van der Waals surface area contributed by atoms with Crippen molar-refractivity contribution in [3.05, 3.63) is 39.2 Å². The van der Waals surface area contributed by atoms with Crippen molar-refractivity contribution in [1.82, 2.24) is 14.8 Å². The minimum atomic E-state index is -0.203. The van der Waals surface area contributed by atoms with Crippen molar-refractivity contribution in [2.75, 3.05) is 11.1 Å². The topological polar surface area (TPSA) is 79.8 Å². The number of para-hydroxylation sites is 1. The monoisotopic (exact) mass is 368 g/mol. The first-order valence-corrected chi connectivity index (χ1v) is 8.27. The lowest BCUT2D eigenvalue weighted by molar-refractivity contribution is -0.113. The molecule has 2 N–H and O–H groups in total. The highest BCUT2D eigenvalue weighted by Crippen LogP contribution is 2.36. The molecule has 0 unspecified atom stereocenters. The summed E-state index contributed by atoms with van der Waals surface area (Å²) in [4.78, 5) is 23.6. The first-order chi connectivity index (χ1) is 10.1. The summed E-state index contributed by atoms with van der Waals surface area (Å²) in [6, 6.07) is 7.66. The third kappa shape index (κ3) is 3.38. The molecule has 2 aromatic rings. The summed E-state index contributed by atoms with van der Waals surface area (Å²) >= 11 is 4.64. The molecule has 0 saturated heterocycles. The molecule has 1 aromatic heterocycles. The van der Waals surface area contributed by atoms with Crippen LogP contribution in [-0.4, -0.2) is 26.4 Å². The summed E-state index contributed by atoms with van der Waals surface area (Å²) in [6.45, 7) is 0. The number of amides is 1. The van der Waals surface area contributed by atoms with Gasteiger partial charge in [0.1, 0.15) is 0 Å². The Morgan fingerprint density at radius 2 is 2.24 bits per heavy atom. The van der Waals surface area contributed by atoms with Crippen LogP contribution in [0.3, 0.4) is 0 Å². The maximum Gasteiger partial charge on any atom is 0.344 e. The van der Waals surface area contributed by atoms with E-state index in [-0.39, 0.29) is 23.4 Å². The van der Waals surface area contributed by atoms with Gasteiger partial charge in [0.25, 0.3) is 0 Å². The minimum absolute atomic E-state index is 0.135. The molecular weight excluding hydrogens is 356 g/mol. The van der Waals surface area contributed by atoms with Gasteiger partial charge in [-0.1, -0.05) is 23.9 Å². The van der Waals surface area contributed by atoms with Crippen molar-refractivity contribution in [3.8, 4) is 0 Å². The predicted molar refractivity (Wildman–Crippen MR) is 84.6 cm³/mol. The number of hydrogen-bond donors (Lipinski definition) is 2. The minimum Gasteiger partial charge on any atom is -0.324 e. The molecule has 0 aliphatic heterocycles. The average molecular weight is 369 g/mol. The van der Waals surface area contributed by atoms with E-state index in [1.165, 1.54) is 11.8 Å². The molecule has 0 spiro atoms. The first-order valence-electron chi connectivity index (χ1n) is 6.49. The molecule has 1 saturated carbocycles. The standard InChI is InChI=1S/C13H13BrN4O2S/c14-9-3-1-2-4-10(9)15-11(19)7-21-13-17-16-12(20)18(13)8-5-6-8/h1-4,8H,5-7H2,(H,15,19)(H,16,20). The van der Waals surface area contributed by atoms with Crippen molar-refractivity contribution < 1.29 is 4.79 Å². The summed E-state index contributed by atoms with van der Waals surface area (Å²) < 4.78 is 2.47. The number of thioether (sulfide) groups is 1. The molecule has 6 nitrogen and oxygen atoms in total. The fourth-order valence-electron chi connectivity index (χ4n) is 1.93. The van der Waals surface area contributed by atoms with Crippen LogP contribution >= 0.6 is 27.7 Å². The Morgan fingerprint density at radius 3 is 2.95 bits per heavy atom. The molecule has 1 amide bonds. The number of nitrogens with one attached hydrogen (secondary N) is 2. The zero-order chi connectivity index (χ0) is 14.8. The number of halogens is 1. The number of aromatic nitrogens is 3. The van der Waals surface area contributed by atoms with Gasteiger partial charge in [-0.2, -0.15) is 0 Å². The number of carbonyl (C=O) groups is 1.